The van der Waals surface area contributed by atoms with Crippen LogP contribution in [0.15, 0.2) is 0 Å². The molecule has 1 aliphatic heterocycles. The van der Waals surface area contributed by atoms with Gasteiger partial charge in [0.05, 0.1) is 11.7 Å². The number of carbonyl (C=O) groups is 1. The third kappa shape index (κ3) is 2.67. The van der Waals surface area contributed by atoms with Crippen molar-refractivity contribution in [3.63, 3.8) is 0 Å². The van der Waals surface area contributed by atoms with Crippen LogP contribution in [0.2, 0.25) is 0 Å². The first-order chi connectivity index (χ1) is 9.03. The van der Waals surface area contributed by atoms with Gasteiger partial charge in [0.25, 0.3) is 0 Å². The molecule has 19 heavy (non-hydrogen) atoms. The number of nitrogens with one attached hydrogen (secondary N) is 1. The maximum atomic E-state index is 12.8. The lowest BCUT2D eigenvalue weighted by atomic mass is 9.93. The summed E-state index contributed by atoms with van der Waals surface area (Å²) in [6.45, 7) is 8.69. The Hall–Kier alpha value is -0.570. The van der Waals surface area contributed by atoms with Gasteiger partial charge in [-0.1, -0.05) is 40.0 Å². The molecule has 0 bridgehead atoms. The molecule has 0 aromatic heterocycles. The van der Waals surface area contributed by atoms with Crippen LogP contribution < -0.4 is 5.32 Å². The molecule has 2 aliphatic rings. The van der Waals surface area contributed by atoms with Gasteiger partial charge < -0.3 is 4.90 Å². The fourth-order valence-electron chi connectivity index (χ4n) is 3.75. The Bertz CT molecular complexity index is 331. The van der Waals surface area contributed by atoms with Crippen molar-refractivity contribution >= 4 is 5.91 Å². The molecule has 3 nitrogen and oxygen atoms in total. The lowest BCUT2D eigenvalue weighted by Gasteiger charge is -2.35. The maximum Gasteiger partial charge on any atom is 0.244 e. The van der Waals surface area contributed by atoms with E-state index in [1.807, 2.05) is 0 Å². The molecule has 1 amide bonds. The molecule has 2 rings (SSSR count). The van der Waals surface area contributed by atoms with Gasteiger partial charge in [-0.25, -0.2) is 0 Å². The summed E-state index contributed by atoms with van der Waals surface area (Å²) in [5.41, 5.74) is -0.341. The lowest BCUT2D eigenvalue weighted by molar-refractivity contribution is -0.136. The molecule has 1 N–H and O–H groups in total. The van der Waals surface area contributed by atoms with Crippen molar-refractivity contribution in [2.24, 2.45) is 5.92 Å². The summed E-state index contributed by atoms with van der Waals surface area (Å²) in [7, 11) is 0. The Morgan fingerprint density at radius 3 is 2.58 bits per heavy atom. The van der Waals surface area contributed by atoms with Gasteiger partial charge in [0.2, 0.25) is 5.91 Å². The molecule has 1 aliphatic carbocycles. The van der Waals surface area contributed by atoms with Crippen LogP contribution in [-0.2, 0) is 4.79 Å². The molecule has 0 spiro atoms. The Kier molecular flexibility index (Phi) is 4.54. The molecule has 4 unspecified atom stereocenters. The SMILES string of the molecule is CCC1NC(C)(CC)C(=O)N1C1CCCCCC1C. The quantitative estimate of drug-likeness (QED) is 0.795. The second-order valence-corrected chi connectivity index (χ2v) is 6.65. The van der Waals surface area contributed by atoms with Crippen LogP contribution in [0, 0.1) is 5.92 Å². The van der Waals surface area contributed by atoms with E-state index < -0.39 is 0 Å². The van der Waals surface area contributed by atoms with E-state index >= 15 is 0 Å². The van der Waals surface area contributed by atoms with Crippen molar-refractivity contribution in [1.82, 2.24) is 10.2 Å². The van der Waals surface area contributed by atoms with Gasteiger partial charge in [0.1, 0.15) is 0 Å². The Morgan fingerprint density at radius 1 is 1.26 bits per heavy atom. The zero-order chi connectivity index (χ0) is 14.0. The van der Waals surface area contributed by atoms with E-state index in [0.717, 1.165) is 12.8 Å². The second kappa shape index (κ2) is 5.82. The van der Waals surface area contributed by atoms with Crippen molar-refractivity contribution in [2.45, 2.75) is 90.4 Å². The zero-order valence-electron chi connectivity index (χ0n) is 13.0. The molecule has 0 aromatic carbocycles. The average molecular weight is 266 g/mol. The van der Waals surface area contributed by atoms with Gasteiger partial charge >= 0.3 is 0 Å². The summed E-state index contributed by atoms with van der Waals surface area (Å²) in [6, 6.07) is 0.445. The molecule has 4 atom stereocenters. The highest BCUT2D eigenvalue weighted by molar-refractivity contribution is 5.88. The van der Waals surface area contributed by atoms with Gasteiger partial charge in [0.15, 0.2) is 0 Å². The van der Waals surface area contributed by atoms with E-state index in [4.69, 9.17) is 0 Å². The van der Waals surface area contributed by atoms with Crippen LogP contribution in [0.1, 0.15) is 72.6 Å². The number of nitrogens with zero attached hydrogens (tertiary/aromatic N) is 1. The second-order valence-electron chi connectivity index (χ2n) is 6.65. The van der Waals surface area contributed by atoms with Crippen molar-refractivity contribution in [1.29, 1.82) is 0 Å². The first-order valence-corrected chi connectivity index (χ1v) is 8.14. The minimum absolute atomic E-state index is 0.239. The van der Waals surface area contributed by atoms with E-state index in [1.165, 1.54) is 32.1 Å². The van der Waals surface area contributed by atoms with Gasteiger partial charge in [-0.05, 0) is 38.5 Å². The van der Waals surface area contributed by atoms with E-state index in [0.29, 0.717) is 17.9 Å². The summed E-state index contributed by atoms with van der Waals surface area (Å²) < 4.78 is 0. The highest BCUT2D eigenvalue weighted by Crippen LogP contribution is 2.34. The number of rotatable bonds is 3. The first-order valence-electron chi connectivity index (χ1n) is 8.14. The molecular formula is C16H30N2O. The molecule has 2 fully saturated rings. The molecule has 3 heteroatoms. The Balaban J connectivity index is 2.22. The summed E-state index contributed by atoms with van der Waals surface area (Å²) in [4.78, 5) is 15.1. The third-order valence-corrected chi connectivity index (χ3v) is 5.29. The van der Waals surface area contributed by atoms with Crippen molar-refractivity contribution in [3.8, 4) is 0 Å². The molecule has 0 radical (unpaired) electrons. The molecule has 1 saturated heterocycles. The smallest absolute Gasteiger partial charge is 0.244 e. The minimum Gasteiger partial charge on any atom is -0.322 e. The number of hydrogen-bond acceptors (Lipinski definition) is 2. The Morgan fingerprint density at radius 2 is 1.95 bits per heavy atom. The van der Waals surface area contributed by atoms with E-state index in [-0.39, 0.29) is 11.7 Å². The largest absolute Gasteiger partial charge is 0.322 e. The predicted molar refractivity (Wildman–Crippen MR) is 78.8 cm³/mol. The predicted octanol–water partition coefficient (Wildman–Crippen LogP) is 3.29. The maximum absolute atomic E-state index is 12.8. The van der Waals surface area contributed by atoms with Crippen LogP contribution in [0.25, 0.3) is 0 Å². The van der Waals surface area contributed by atoms with Gasteiger partial charge in [-0.2, -0.15) is 0 Å². The lowest BCUT2D eigenvalue weighted by Crippen LogP contribution is -2.47. The summed E-state index contributed by atoms with van der Waals surface area (Å²) in [5, 5.41) is 3.58. The minimum atomic E-state index is -0.341. The van der Waals surface area contributed by atoms with Crippen LogP contribution >= 0.6 is 0 Å². The van der Waals surface area contributed by atoms with Gasteiger partial charge in [0, 0.05) is 6.04 Å². The van der Waals surface area contributed by atoms with E-state index in [1.54, 1.807) is 0 Å². The van der Waals surface area contributed by atoms with Crippen LogP contribution in [0.3, 0.4) is 0 Å². The first kappa shape index (κ1) is 14.8. The van der Waals surface area contributed by atoms with Crippen LogP contribution in [0.5, 0.6) is 0 Å². The molecule has 0 aromatic rings. The summed E-state index contributed by atoms with van der Waals surface area (Å²) in [6.07, 6.45) is 8.51. The van der Waals surface area contributed by atoms with Crippen molar-refractivity contribution < 1.29 is 4.79 Å². The van der Waals surface area contributed by atoms with Gasteiger partial charge in [-0.3, -0.25) is 10.1 Å². The molecule has 1 saturated carbocycles. The monoisotopic (exact) mass is 266 g/mol. The van der Waals surface area contributed by atoms with Crippen LogP contribution in [-0.4, -0.2) is 28.6 Å². The van der Waals surface area contributed by atoms with Crippen LogP contribution in [0.4, 0.5) is 0 Å². The summed E-state index contributed by atoms with van der Waals surface area (Å²) >= 11 is 0. The van der Waals surface area contributed by atoms with E-state index in [2.05, 4.69) is 37.9 Å². The van der Waals surface area contributed by atoms with Crippen molar-refractivity contribution in [3.05, 3.63) is 0 Å². The third-order valence-electron chi connectivity index (χ3n) is 5.29. The van der Waals surface area contributed by atoms with Gasteiger partial charge in [-0.15, -0.1) is 0 Å². The topological polar surface area (TPSA) is 32.3 Å². The molecule has 110 valence electrons. The number of hydrogen-bond donors (Lipinski definition) is 1. The number of carbonyl (C=O) groups excluding carboxylic acids is 1. The standard InChI is InChI=1S/C16H30N2O/c1-5-14-17-16(4,6-2)15(19)18(14)13-11-9-7-8-10-12(13)3/h12-14,17H,5-11H2,1-4H3. The van der Waals surface area contributed by atoms with Crippen molar-refractivity contribution in [2.75, 3.05) is 0 Å². The zero-order valence-corrected chi connectivity index (χ0v) is 13.0. The molecule has 1 heterocycles. The Labute approximate surface area is 118 Å². The molecular weight excluding hydrogens is 236 g/mol. The summed E-state index contributed by atoms with van der Waals surface area (Å²) in [5.74, 6) is 0.974. The average Bonchev–Trinajstić information content (AvgIpc) is 2.56. The normalized spacial score (nSPS) is 40.5. The number of amides is 1. The highest BCUT2D eigenvalue weighted by Gasteiger charge is 2.49. The highest BCUT2D eigenvalue weighted by atomic mass is 16.2. The van der Waals surface area contributed by atoms with E-state index in [9.17, 15) is 4.79 Å². The fraction of sp³-hybridized carbons (Fsp3) is 0.938. The fourth-order valence-corrected chi connectivity index (χ4v) is 3.75.